The average Bonchev–Trinajstić information content (AvgIpc) is 2.75. The zero-order chi connectivity index (χ0) is 15.2. The zero-order valence-electron chi connectivity index (χ0n) is 14.0. The molecule has 1 aromatic rings. The number of amides is 1. The quantitative estimate of drug-likeness (QED) is 0.856. The first-order valence-electron chi connectivity index (χ1n) is 7.99. The van der Waals surface area contributed by atoms with Gasteiger partial charge in [0, 0.05) is 30.5 Å². The van der Waals surface area contributed by atoms with E-state index in [4.69, 9.17) is 5.73 Å². The first kappa shape index (κ1) is 22.0. The van der Waals surface area contributed by atoms with Crippen molar-refractivity contribution in [3.8, 4) is 0 Å². The van der Waals surface area contributed by atoms with Crippen LogP contribution < -0.4 is 16.0 Å². The van der Waals surface area contributed by atoms with E-state index in [0.717, 1.165) is 18.8 Å². The van der Waals surface area contributed by atoms with Gasteiger partial charge in [0.15, 0.2) is 0 Å². The Morgan fingerprint density at radius 2 is 1.74 bits per heavy atom. The maximum absolute atomic E-state index is 12.1. The number of nitrogens with one attached hydrogen (secondary N) is 1. The normalized spacial score (nSPS) is 17.1. The van der Waals surface area contributed by atoms with Crippen LogP contribution in [0.25, 0.3) is 0 Å². The molecule has 0 saturated carbocycles. The SMILES string of the molecule is CC(N)C(C)C(=O)Nc1cccc(N2CCCCCC2)c1.Cl.Cl. The second kappa shape index (κ2) is 10.7. The third-order valence-electron chi connectivity index (χ3n) is 4.29. The van der Waals surface area contributed by atoms with Gasteiger partial charge in [0.25, 0.3) is 0 Å². The first-order valence-corrected chi connectivity index (χ1v) is 7.99. The molecule has 1 aromatic carbocycles. The molecule has 1 saturated heterocycles. The van der Waals surface area contributed by atoms with Crippen LogP contribution in [0.5, 0.6) is 0 Å². The lowest BCUT2D eigenvalue weighted by Gasteiger charge is -2.23. The van der Waals surface area contributed by atoms with Crippen molar-refractivity contribution in [3.63, 3.8) is 0 Å². The summed E-state index contributed by atoms with van der Waals surface area (Å²) in [5, 5.41) is 2.97. The number of benzene rings is 1. The van der Waals surface area contributed by atoms with Crippen molar-refractivity contribution in [2.24, 2.45) is 11.7 Å². The summed E-state index contributed by atoms with van der Waals surface area (Å²) in [5.74, 6) is -0.204. The van der Waals surface area contributed by atoms with Gasteiger partial charge in [-0.15, -0.1) is 24.8 Å². The number of hydrogen-bond acceptors (Lipinski definition) is 3. The maximum atomic E-state index is 12.1. The Hall–Kier alpha value is -0.970. The maximum Gasteiger partial charge on any atom is 0.228 e. The third-order valence-corrected chi connectivity index (χ3v) is 4.29. The molecule has 0 aromatic heterocycles. The smallest absolute Gasteiger partial charge is 0.228 e. The van der Waals surface area contributed by atoms with Crippen molar-refractivity contribution in [1.82, 2.24) is 0 Å². The van der Waals surface area contributed by atoms with Gasteiger partial charge in [-0.2, -0.15) is 0 Å². The molecule has 2 atom stereocenters. The highest BCUT2D eigenvalue weighted by Crippen LogP contribution is 2.23. The largest absolute Gasteiger partial charge is 0.371 e. The van der Waals surface area contributed by atoms with E-state index in [9.17, 15) is 4.79 Å². The highest BCUT2D eigenvalue weighted by Gasteiger charge is 2.17. The van der Waals surface area contributed by atoms with Crippen LogP contribution in [0.3, 0.4) is 0 Å². The Balaban J connectivity index is 0.00000242. The Morgan fingerprint density at radius 1 is 1.13 bits per heavy atom. The van der Waals surface area contributed by atoms with Gasteiger partial charge in [0.1, 0.15) is 0 Å². The minimum atomic E-state index is -0.188. The van der Waals surface area contributed by atoms with E-state index in [1.54, 1.807) is 0 Å². The number of rotatable bonds is 4. The van der Waals surface area contributed by atoms with Crippen molar-refractivity contribution in [2.75, 3.05) is 23.3 Å². The van der Waals surface area contributed by atoms with Crippen LogP contribution >= 0.6 is 24.8 Å². The molecular weight excluding hydrogens is 333 g/mol. The predicted molar refractivity (Wildman–Crippen MR) is 103 cm³/mol. The Morgan fingerprint density at radius 3 is 2.30 bits per heavy atom. The number of hydrogen-bond donors (Lipinski definition) is 2. The molecule has 4 nitrogen and oxygen atoms in total. The van der Waals surface area contributed by atoms with E-state index in [2.05, 4.69) is 22.3 Å². The molecule has 2 unspecified atom stereocenters. The van der Waals surface area contributed by atoms with Crippen molar-refractivity contribution < 1.29 is 4.79 Å². The molecule has 1 aliphatic heterocycles. The number of carbonyl (C=O) groups is 1. The fraction of sp³-hybridized carbons (Fsp3) is 0.588. The van der Waals surface area contributed by atoms with Gasteiger partial charge in [-0.05, 0) is 38.0 Å². The van der Waals surface area contributed by atoms with Crippen LogP contribution in [0.2, 0.25) is 0 Å². The summed E-state index contributed by atoms with van der Waals surface area (Å²) >= 11 is 0. The van der Waals surface area contributed by atoms with E-state index in [1.165, 1.54) is 31.4 Å². The van der Waals surface area contributed by atoms with Gasteiger partial charge in [0.2, 0.25) is 5.91 Å². The van der Waals surface area contributed by atoms with Crippen LogP contribution in [-0.4, -0.2) is 25.0 Å². The summed E-state index contributed by atoms with van der Waals surface area (Å²) in [4.78, 5) is 14.5. The van der Waals surface area contributed by atoms with Gasteiger partial charge in [0.05, 0.1) is 5.92 Å². The fourth-order valence-electron chi connectivity index (χ4n) is 2.60. The number of anilines is 2. The summed E-state index contributed by atoms with van der Waals surface area (Å²) in [6, 6.07) is 7.99. The molecule has 0 bridgehead atoms. The van der Waals surface area contributed by atoms with Crippen molar-refractivity contribution in [2.45, 2.75) is 45.6 Å². The number of halogens is 2. The van der Waals surface area contributed by atoms with E-state index in [1.807, 2.05) is 26.0 Å². The lowest BCUT2D eigenvalue weighted by Crippen LogP contribution is -2.34. The average molecular weight is 362 g/mol. The topological polar surface area (TPSA) is 58.4 Å². The molecule has 1 fully saturated rings. The van der Waals surface area contributed by atoms with E-state index in [0.29, 0.717) is 0 Å². The first-order chi connectivity index (χ1) is 10.1. The highest BCUT2D eigenvalue weighted by molar-refractivity contribution is 5.93. The van der Waals surface area contributed by atoms with Crippen molar-refractivity contribution in [3.05, 3.63) is 24.3 Å². The van der Waals surface area contributed by atoms with Crippen LogP contribution in [0, 0.1) is 5.92 Å². The second-order valence-electron chi connectivity index (χ2n) is 6.09. The molecule has 132 valence electrons. The van der Waals surface area contributed by atoms with Gasteiger partial charge < -0.3 is 16.0 Å². The molecule has 0 spiro atoms. The molecule has 0 radical (unpaired) electrons. The van der Waals surface area contributed by atoms with Crippen LogP contribution in [0.15, 0.2) is 24.3 Å². The predicted octanol–water partition coefficient (Wildman–Crippen LogP) is 3.83. The summed E-state index contributed by atoms with van der Waals surface area (Å²) in [6.45, 7) is 5.93. The van der Waals surface area contributed by atoms with Crippen molar-refractivity contribution >= 4 is 42.1 Å². The lowest BCUT2D eigenvalue weighted by molar-refractivity contribution is -0.119. The number of carbonyl (C=O) groups excluding carboxylic acids is 1. The number of nitrogens with two attached hydrogens (primary N) is 1. The summed E-state index contributed by atoms with van der Waals surface area (Å²) in [6.07, 6.45) is 5.13. The minimum Gasteiger partial charge on any atom is -0.371 e. The van der Waals surface area contributed by atoms with Crippen LogP contribution in [0.1, 0.15) is 39.5 Å². The Labute approximate surface area is 152 Å². The standard InChI is InChI=1S/C17H27N3O.2ClH/c1-13(14(2)18)17(21)19-15-8-7-9-16(12-15)20-10-5-3-4-6-11-20;;/h7-9,12-14H,3-6,10-11,18H2,1-2H3,(H,19,21);2*1H. The molecule has 6 heteroatoms. The van der Waals surface area contributed by atoms with E-state index in [-0.39, 0.29) is 42.7 Å². The summed E-state index contributed by atoms with van der Waals surface area (Å²) in [5.41, 5.74) is 7.84. The van der Waals surface area contributed by atoms with Gasteiger partial charge in [-0.25, -0.2) is 0 Å². The summed E-state index contributed by atoms with van der Waals surface area (Å²) < 4.78 is 0. The molecular formula is C17H29Cl2N3O. The van der Waals surface area contributed by atoms with Gasteiger partial charge in [-0.1, -0.05) is 25.8 Å². The van der Waals surface area contributed by atoms with Crippen LogP contribution in [-0.2, 0) is 4.79 Å². The fourth-order valence-corrected chi connectivity index (χ4v) is 2.60. The Bertz CT molecular complexity index is 475. The lowest BCUT2D eigenvalue weighted by atomic mass is 10.0. The molecule has 1 heterocycles. The number of nitrogens with zero attached hydrogens (tertiary/aromatic N) is 1. The molecule has 1 aliphatic rings. The van der Waals surface area contributed by atoms with Crippen molar-refractivity contribution in [1.29, 1.82) is 0 Å². The van der Waals surface area contributed by atoms with Crippen LogP contribution in [0.4, 0.5) is 11.4 Å². The molecule has 23 heavy (non-hydrogen) atoms. The molecule has 3 N–H and O–H groups in total. The van der Waals surface area contributed by atoms with E-state index < -0.39 is 0 Å². The molecule has 1 amide bonds. The Kier molecular flexibility index (Phi) is 10.3. The van der Waals surface area contributed by atoms with Gasteiger partial charge in [-0.3, -0.25) is 4.79 Å². The van der Waals surface area contributed by atoms with E-state index >= 15 is 0 Å². The second-order valence-corrected chi connectivity index (χ2v) is 6.09. The molecule has 2 rings (SSSR count). The summed E-state index contributed by atoms with van der Waals surface area (Å²) in [7, 11) is 0. The zero-order valence-corrected chi connectivity index (χ0v) is 15.6. The monoisotopic (exact) mass is 361 g/mol. The highest BCUT2D eigenvalue weighted by atomic mass is 35.5. The minimum absolute atomic E-state index is 0. The van der Waals surface area contributed by atoms with Gasteiger partial charge >= 0.3 is 0 Å². The third kappa shape index (κ3) is 6.58. The molecule has 0 aliphatic carbocycles.